The number of rotatable bonds is 7. The zero-order chi connectivity index (χ0) is 24.1. The van der Waals surface area contributed by atoms with E-state index >= 15 is 0 Å². The fourth-order valence-corrected chi connectivity index (χ4v) is 3.16. The molecule has 1 aliphatic heterocycles. The number of benzene rings is 3. The Kier molecular flexibility index (Phi) is 6.58. The minimum atomic E-state index is -4.50. The summed E-state index contributed by atoms with van der Waals surface area (Å²) in [4.78, 5) is 24.4. The first-order valence-electron chi connectivity index (χ1n) is 10.1. The van der Waals surface area contributed by atoms with Gasteiger partial charge >= 0.3 is 6.18 Å². The SMILES string of the molecule is O=C(COc1ccc(C(=O)NCc2ccc3c(c2)OCO3)cc1)Nc1cccc(C(F)(F)F)c1. The van der Waals surface area contributed by atoms with Crippen molar-refractivity contribution in [1.82, 2.24) is 5.32 Å². The molecule has 0 aliphatic carbocycles. The molecule has 0 atom stereocenters. The average Bonchev–Trinajstić information content (AvgIpc) is 3.29. The van der Waals surface area contributed by atoms with Crippen molar-refractivity contribution in [3.05, 3.63) is 83.4 Å². The Balaban J connectivity index is 1.25. The van der Waals surface area contributed by atoms with Crippen LogP contribution >= 0.6 is 0 Å². The van der Waals surface area contributed by atoms with Gasteiger partial charge in [-0.2, -0.15) is 13.2 Å². The first-order chi connectivity index (χ1) is 16.3. The number of nitrogens with one attached hydrogen (secondary N) is 2. The largest absolute Gasteiger partial charge is 0.484 e. The number of ether oxygens (including phenoxy) is 3. The van der Waals surface area contributed by atoms with Crippen molar-refractivity contribution in [2.75, 3.05) is 18.7 Å². The van der Waals surface area contributed by atoms with E-state index in [0.717, 1.165) is 17.7 Å². The van der Waals surface area contributed by atoms with Gasteiger partial charge in [0.1, 0.15) is 5.75 Å². The van der Waals surface area contributed by atoms with Crippen molar-refractivity contribution in [2.24, 2.45) is 0 Å². The molecule has 0 saturated carbocycles. The highest BCUT2D eigenvalue weighted by Crippen LogP contribution is 2.32. The highest BCUT2D eigenvalue weighted by Gasteiger charge is 2.30. The lowest BCUT2D eigenvalue weighted by molar-refractivity contribution is -0.137. The van der Waals surface area contributed by atoms with E-state index in [4.69, 9.17) is 14.2 Å². The molecule has 3 aromatic carbocycles. The van der Waals surface area contributed by atoms with Gasteiger partial charge in [0.05, 0.1) is 5.56 Å². The number of carbonyl (C=O) groups excluding carboxylic acids is 2. The van der Waals surface area contributed by atoms with Crippen LogP contribution in [0, 0.1) is 0 Å². The summed E-state index contributed by atoms with van der Waals surface area (Å²) in [7, 11) is 0. The second-order valence-electron chi connectivity index (χ2n) is 7.31. The quantitative estimate of drug-likeness (QED) is 0.533. The standard InChI is InChI=1S/C24H19F3N2O5/c25-24(26,27)17-2-1-3-18(11-17)29-22(30)13-32-19-7-5-16(6-8-19)23(31)28-12-15-4-9-20-21(10-15)34-14-33-20/h1-11H,12-14H2,(H,28,31)(H,29,30). The molecule has 10 heteroatoms. The Morgan fingerprint density at radius 1 is 0.941 bits per heavy atom. The first-order valence-corrected chi connectivity index (χ1v) is 10.1. The van der Waals surface area contributed by atoms with Gasteiger partial charge in [0.25, 0.3) is 11.8 Å². The smallest absolute Gasteiger partial charge is 0.416 e. The number of carbonyl (C=O) groups is 2. The van der Waals surface area contributed by atoms with Crippen LogP contribution in [0.25, 0.3) is 0 Å². The van der Waals surface area contributed by atoms with E-state index in [2.05, 4.69) is 10.6 Å². The maximum absolute atomic E-state index is 12.8. The molecule has 3 aromatic rings. The molecule has 0 saturated heterocycles. The van der Waals surface area contributed by atoms with Gasteiger partial charge in [0, 0.05) is 17.8 Å². The Morgan fingerprint density at radius 3 is 2.47 bits per heavy atom. The predicted molar refractivity (Wildman–Crippen MR) is 116 cm³/mol. The number of hydrogen-bond donors (Lipinski definition) is 2. The average molecular weight is 472 g/mol. The monoisotopic (exact) mass is 472 g/mol. The summed E-state index contributed by atoms with van der Waals surface area (Å²) in [6, 6.07) is 15.8. The third kappa shape index (κ3) is 5.77. The van der Waals surface area contributed by atoms with Gasteiger partial charge in [-0.15, -0.1) is 0 Å². The van der Waals surface area contributed by atoms with Gasteiger partial charge in [-0.1, -0.05) is 12.1 Å². The lowest BCUT2D eigenvalue weighted by atomic mass is 10.1. The van der Waals surface area contributed by atoms with E-state index < -0.39 is 24.3 Å². The van der Waals surface area contributed by atoms with Gasteiger partial charge in [0.15, 0.2) is 18.1 Å². The maximum Gasteiger partial charge on any atom is 0.416 e. The summed E-state index contributed by atoms with van der Waals surface area (Å²) in [5.74, 6) is 0.697. The molecule has 0 aromatic heterocycles. The van der Waals surface area contributed by atoms with E-state index in [9.17, 15) is 22.8 Å². The molecule has 2 N–H and O–H groups in total. The maximum atomic E-state index is 12.8. The third-order valence-corrected chi connectivity index (χ3v) is 4.85. The zero-order valence-corrected chi connectivity index (χ0v) is 17.6. The third-order valence-electron chi connectivity index (χ3n) is 4.85. The van der Waals surface area contributed by atoms with Crippen LogP contribution in [0.4, 0.5) is 18.9 Å². The fraction of sp³-hybridized carbons (Fsp3) is 0.167. The Bertz CT molecular complexity index is 1200. The van der Waals surface area contributed by atoms with Crippen molar-refractivity contribution >= 4 is 17.5 Å². The van der Waals surface area contributed by atoms with Gasteiger partial charge in [-0.3, -0.25) is 9.59 Å². The van der Waals surface area contributed by atoms with Gasteiger partial charge in [0.2, 0.25) is 6.79 Å². The molecule has 176 valence electrons. The summed E-state index contributed by atoms with van der Waals surface area (Å²) in [6.45, 7) is 0.0573. The molecule has 2 amide bonds. The van der Waals surface area contributed by atoms with Crippen LogP contribution in [-0.2, 0) is 17.5 Å². The van der Waals surface area contributed by atoms with Crippen molar-refractivity contribution in [2.45, 2.75) is 12.7 Å². The Hall–Kier alpha value is -4.21. The van der Waals surface area contributed by atoms with Crippen molar-refractivity contribution in [3.63, 3.8) is 0 Å². The van der Waals surface area contributed by atoms with Crippen LogP contribution < -0.4 is 24.8 Å². The van der Waals surface area contributed by atoms with E-state index in [1.54, 1.807) is 12.1 Å². The molecule has 0 radical (unpaired) electrons. The van der Waals surface area contributed by atoms with E-state index in [0.29, 0.717) is 29.4 Å². The molecule has 0 unspecified atom stereocenters. The van der Waals surface area contributed by atoms with Crippen LogP contribution in [0.3, 0.4) is 0 Å². The van der Waals surface area contributed by atoms with Crippen molar-refractivity contribution in [3.8, 4) is 17.2 Å². The number of anilines is 1. The van der Waals surface area contributed by atoms with Crippen LogP contribution in [0.5, 0.6) is 17.2 Å². The van der Waals surface area contributed by atoms with Gasteiger partial charge in [-0.05, 0) is 60.2 Å². The number of fused-ring (bicyclic) bond motifs is 1. The molecule has 1 aliphatic rings. The van der Waals surface area contributed by atoms with Crippen LogP contribution in [-0.4, -0.2) is 25.2 Å². The molecule has 34 heavy (non-hydrogen) atoms. The molecule has 0 bridgehead atoms. The molecule has 0 fully saturated rings. The molecular weight excluding hydrogens is 453 g/mol. The Morgan fingerprint density at radius 2 is 1.71 bits per heavy atom. The van der Waals surface area contributed by atoms with Gasteiger partial charge < -0.3 is 24.8 Å². The first kappa shape index (κ1) is 23.0. The molecular formula is C24H19F3N2O5. The zero-order valence-electron chi connectivity index (χ0n) is 17.6. The predicted octanol–water partition coefficient (Wildman–Crippen LogP) is 4.38. The summed E-state index contributed by atoms with van der Waals surface area (Å²) in [6.07, 6.45) is -4.50. The van der Waals surface area contributed by atoms with Crippen LogP contribution in [0.2, 0.25) is 0 Å². The number of halogens is 3. The number of hydrogen-bond acceptors (Lipinski definition) is 5. The molecule has 1 heterocycles. The highest BCUT2D eigenvalue weighted by molar-refractivity contribution is 5.94. The highest BCUT2D eigenvalue weighted by atomic mass is 19.4. The lowest BCUT2D eigenvalue weighted by Crippen LogP contribution is -2.23. The summed E-state index contributed by atoms with van der Waals surface area (Å²) in [5.41, 5.74) is 0.391. The topological polar surface area (TPSA) is 85.9 Å². The van der Waals surface area contributed by atoms with Crippen LogP contribution in [0.1, 0.15) is 21.5 Å². The number of alkyl halides is 3. The summed E-state index contributed by atoms with van der Waals surface area (Å²) < 4.78 is 54.2. The van der Waals surface area contributed by atoms with E-state index in [1.807, 2.05) is 6.07 Å². The summed E-state index contributed by atoms with van der Waals surface area (Å²) >= 11 is 0. The minimum Gasteiger partial charge on any atom is -0.484 e. The molecule has 7 nitrogen and oxygen atoms in total. The minimum absolute atomic E-state index is 0.0119. The lowest BCUT2D eigenvalue weighted by Gasteiger charge is -2.11. The normalized spacial score (nSPS) is 12.2. The Labute approximate surface area is 192 Å². The van der Waals surface area contributed by atoms with Crippen molar-refractivity contribution in [1.29, 1.82) is 0 Å². The van der Waals surface area contributed by atoms with E-state index in [1.165, 1.54) is 36.4 Å². The van der Waals surface area contributed by atoms with Gasteiger partial charge in [-0.25, -0.2) is 0 Å². The second kappa shape index (κ2) is 9.74. The molecule has 0 spiro atoms. The van der Waals surface area contributed by atoms with Crippen molar-refractivity contribution < 1.29 is 37.0 Å². The molecule has 4 rings (SSSR count). The second-order valence-corrected chi connectivity index (χ2v) is 7.31. The fourth-order valence-electron chi connectivity index (χ4n) is 3.16. The number of amides is 2. The van der Waals surface area contributed by atoms with E-state index in [-0.39, 0.29) is 18.4 Å². The summed E-state index contributed by atoms with van der Waals surface area (Å²) in [5, 5.41) is 5.16. The van der Waals surface area contributed by atoms with Crippen LogP contribution in [0.15, 0.2) is 66.7 Å².